The Morgan fingerprint density at radius 2 is 1.97 bits per heavy atom. The van der Waals surface area contributed by atoms with E-state index >= 15 is 0 Å². The minimum absolute atomic E-state index is 0.0183. The Morgan fingerprint density at radius 1 is 1.22 bits per heavy atom. The van der Waals surface area contributed by atoms with E-state index in [1.165, 1.54) is 16.7 Å². The lowest BCUT2D eigenvalue weighted by Gasteiger charge is -2.36. The van der Waals surface area contributed by atoms with Gasteiger partial charge in [0.15, 0.2) is 8.32 Å². The largest absolute Gasteiger partial charge is 0.490 e. The smallest absolute Gasteiger partial charge is 0.192 e. The molecule has 1 N–H and O–H groups in total. The molecule has 6 nitrogen and oxygen atoms in total. The summed E-state index contributed by atoms with van der Waals surface area (Å²) >= 11 is 1.67. The van der Waals surface area contributed by atoms with E-state index < -0.39 is 8.32 Å². The topological polar surface area (TPSA) is 69.9 Å². The summed E-state index contributed by atoms with van der Waals surface area (Å²) in [7, 11) is -1.72. The number of nitriles is 1. The maximum Gasteiger partial charge on any atom is 0.192 e. The Balaban J connectivity index is 1.40. The number of anilines is 1. The summed E-state index contributed by atoms with van der Waals surface area (Å²) < 4.78 is 14.0. The van der Waals surface area contributed by atoms with Crippen molar-refractivity contribution < 1.29 is 9.16 Å². The maximum atomic E-state index is 9.61. The first-order chi connectivity index (χ1) is 17.5. The third-order valence-electron chi connectivity index (χ3n) is 7.56. The Labute approximate surface area is 227 Å². The number of nitrogens with zero attached hydrogens (tertiary/aromatic N) is 3. The van der Waals surface area contributed by atoms with Gasteiger partial charge in [-0.3, -0.25) is 0 Å². The van der Waals surface area contributed by atoms with Crippen LogP contribution < -0.4 is 14.5 Å². The van der Waals surface area contributed by atoms with Crippen LogP contribution in [0.5, 0.6) is 5.75 Å². The molecule has 0 saturated carbocycles. The second-order valence-corrected chi connectivity index (χ2v) is 17.5. The molecule has 37 heavy (non-hydrogen) atoms. The minimum atomic E-state index is -1.72. The molecule has 2 aromatic carbocycles. The quantitative estimate of drug-likeness (QED) is 0.209. The summed E-state index contributed by atoms with van der Waals surface area (Å²) in [5, 5.41) is 18.4. The molecule has 1 heterocycles. The molecular formula is C29H40N4O2SSi. The SMILES string of the molecule is CC(C)Oc1ccc(N2N=CC(c3cccc4c3CC[C@H]4NCCO[Si](C)(C)C(C)(C)C)S2)cc1C#N. The molecule has 0 radical (unpaired) electrons. The Morgan fingerprint density at radius 3 is 2.68 bits per heavy atom. The summed E-state index contributed by atoms with van der Waals surface area (Å²) in [5.74, 6) is 0.611. The van der Waals surface area contributed by atoms with E-state index in [1.807, 2.05) is 42.7 Å². The fourth-order valence-electron chi connectivity index (χ4n) is 4.55. The third kappa shape index (κ3) is 6.23. The predicted octanol–water partition coefficient (Wildman–Crippen LogP) is 7.14. The van der Waals surface area contributed by atoms with E-state index in [1.54, 1.807) is 11.9 Å². The lowest BCUT2D eigenvalue weighted by molar-refractivity contribution is 0.242. The van der Waals surface area contributed by atoms with E-state index in [2.05, 4.69) is 68.6 Å². The maximum absolute atomic E-state index is 9.61. The van der Waals surface area contributed by atoms with Gasteiger partial charge >= 0.3 is 0 Å². The number of hydrogen-bond donors (Lipinski definition) is 1. The monoisotopic (exact) mass is 536 g/mol. The lowest BCUT2D eigenvalue weighted by atomic mass is 10.00. The Hall–Kier alpha value is -2.31. The van der Waals surface area contributed by atoms with Gasteiger partial charge in [0.1, 0.15) is 11.8 Å². The number of nitrogens with one attached hydrogen (secondary N) is 1. The molecule has 1 aliphatic carbocycles. The highest BCUT2D eigenvalue weighted by atomic mass is 32.2. The van der Waals surface area contributed by atoms with Gasteiger partial charge in [-0.15, -0.1) is 0 Å². The van der Waals surface area contributed by atoms with Crippen molar-refractivity contribution in [3.8, 4) is 11.8 Å². The van der Waals surface area contributed by atoms with Crippen molar-refractivity contribution >= 4 is 32.2 Å². The van der Waals surface area contributed by atoms with E-state index in [0.29, 0.717) is 17.4 Å². The van der Waals surface area contributed by atoms with Gasteiger partial charge in [-0.25, -0.2) is 4.41 Å². The molecule has 1 aliphatic heterocycles. The van der Waals surface area contributed by atoms with E-state index in [-0.39, 0.29) is 16.4 Å². The van der Waals surface area contributed by atoms with Gasteiger partial charge in [0, 0.05) is 25.4 Å². The van der Waals surface area contributed by atoms with Crippen LogP contribution in [0.1, 0.15) is 74.6 Å². The Kier molecular flexibility index (Phi) is 8.39. The van der Waals surface area contributed by atoms with Crippen LogP contribution in [0.15, 0.2) is 41.5 Å². The fourth-order valence-corrected chi connectivity index (χ4v) is 6.59. The van der Waals surface area contributed by atoms with Gasteiger partial charge in [0.25, 0.3) is 0 Å². The van der Waals surface area contributed by atoms with Crippen molar-refractivity contribution in [3.05, 3.63) is 58.7 Å². The van der Waals surface area contributed by atoms with Crippen molar-refractivity contribution in [3.63, 3.8) is 0 Å². The number of rotatable bonds is 9. The van der Waals surface area contributed by atoms with Crippen molar-refractivity contribution in [1.29, 1.82) is 5.26 Å². The summed E-state index contributed by atoms with van der Waals surface area (Å²) in [6, 6.07) is 15.0. The van der Waals surface area contributed by atoms with Crippen LogP contribution in [-0.2, 0) is 10.8 Å². The number of benzene rings is 2. The zero-order chi connectivity index (χ0) is 26.8. The average molecular weight is 537 g/mol. The van der Waals surface area contributed by atoms with Gasteiger partial charge in [-0.2, -0.15) is 10.4 Å². The summed E-state index contributed by atoms with van der Waals surface area (Å²) in [6.07, 6.45) is 4.20. The highest BCUT2D eigenvalue weighted by Crippen LogP contribution is 2.44. The molecule has 2 atom stereocenters. The van der Waals surface area contributed by atoms with Gasteiger partial charge in [-0.1, -0.05) is 39.0 Å². The first kappa shape index (κ1) is 27.7. The van der Waals surface area contributed by atoms with Gasteiger partial charge < -0.3 is 14.5 Å². The van der Waals surface area contributed by atoms with Crippen LogP contribution in [0, 0.1) is 11.3 Å². The van der Waals surface area contributed by atoms with Crippen molar-refractivity contribution in [1.82, 2.24) is 5.32 Å². The molecular weight excluding hydrogens is 496 g/mol. The molecule has 2 aliphatic rings. The molecule has 0 amide bonds. The van der Waals surface area contributed by atoms with Crippen LogP contribution in [-0.4, -0.2) is 33.8 Å². The molecule has 0 fully saturated rings. The first-order valence-electron chi connectivity index (χ1n) is 13.2. The molecule has 4 rings (SSSR count). The summed E-state index contributed by atoms with van der Waals surface area (Å²) in [4.78, 5) is 0. The van der Waals surface area contributed by atoms with Crippen molar-refractivity contribution in [2.45, 2.75) is 83.0 Å². The molecule has 0 bridgehead atoms. The molecule has 8 heteroatoms. The standard InChI is InChI=1S/C29H40N4O2SSi/c1-20(2)35-27-14-11-22(17-21(27)18-30)33-32-19-28(36-33)25-10-8-9-24-23(25)12-13-26(24)31-15-16-34-37(6,7)29(3,4)5/h8-11,14,17,19-20,26,28,31H,12-13,15-16H2,1-7H3/t26-,28?/m1/s1. The van der Waals surface area contributed by atoms with Crippen LogP contribution >= 0.6 is 11.9 Å². The molecule has 2 aromatic rings. The summed E-state index contributed by atoms with van der Waals surface area (Å²) in [5.41, 5.74) is 5.58. The van der Waals surface area contributed by atoms with E-state index in [0.717, 1.165) is 31.7 Å². The van der Waals surface area contributed by atoms with Crippen molar-refractivity contribution in [2.24, 2.45) is 5.10 Å². The second kappa shape index (κ2) is 11.2. The van der Waals surface area contributed by atoms with Gasteiger partial charge in [-0.05, 0) is 91.7 Å². The number of hydrazone groups is 1. The normalized spacial score (nSPS) is 19.4. The van der Waals surface area contributed by atoms with Crippen LogP contribution in [0.25, 0.3) is 0 Å². The van der Waals surface area contributed by atoms with Gasteiger partial charge in [0.2, 0.25) is 0 Å². The zero-order valence-electron chi connectivity index (χ0n) is 23.2. The third-order valence-corrected chi connectivity index (χ3v) is 13.2. The fraction of sp³-hybridized carbons (Fsp3) is 0.517. The molecule has 0 saturated heterocycles. The number of ether oxygens (including phenoxy) is 1. The van der Waals surface area contributed by atoms with Crippen LogP contribution in [0.4, 0.5) is 5.69 Å². The minimum Gasteiger partial charge on any atom is -0.490 e. The predicted molar refractivity (Wildman–Crippen MR) is 157 cm³/mol. The highest BCUT2D eigenvalue weighted by Gasteiger charge is 2.37. The highest BCUT2D eigenvalue weighted by molar-refractivity contribution is 8.01. The molecule has 1 unspecified atom stereocenters. The second-order valence-electron chi connectivity index (χ2n) is 11.6. The van der Waals surface area contributed by atoms with E-state index in [4.69, 9.17) is 9.16 Å². The first-order valence-corrected chi connectivity index (χ1v) is 17.0. The zero-order valence-corrected chi connectivity index (χ0v) is 25.0. The molecule has 0 spiro atoms. The van der Waals surface area contributed by atoms with Crippen LogP contribution in [0.2, 0.25) is 18.1 Å². The average Bonchev–Trinajstić information content (AvgIpc) is 3.49. The molecule has 198 valence electrons. The van der Waals surface area contributed by atoms with E-state index in [9.17, 15) is 5.26 Å². The van der Waals surface area contributed by atoms with Crippen LogP contribution in [0.3, 0.4) is 0 Å². The van der Waals surface area contributed by atoms with Crippen molar-refractivity contribution in [2.75, 3.05) is 17.6 Å². The van der Waals surface area contributed by atoms with Gasteiger partial charge in [0.05, 0.1) is 22.6 Å². The molecule has 0 aromatic heterocycles. The number of hydrogen-bond acceptors (Lipinski definition) is 7. The Bertz CT molecular complexity index is 1190. The number of fused-ring (bicyclic) bond motifs is 1. The lowest BCUT2D eigenvalue weighted by Crippen LogP contribution is -2.42. The summed E-state index contributed by atoms with van der Waals surface area (Å²) in [6.45, 7) is 17.0.